The number of nitrogens with two attached hydrogens (primary N) is 1. The van der Waals surface area contributed by atoms with Crippen LogP contribution in [0.25, 0.3) is 10.9 Å². The van der Waals surface area contributed by atoms with Crippen LogP contribution in [-0.2, 0) is 0 Å². The van der Waals surface area contributed by atoms with Gasteiger partial charge in [0.1, 0.15) is 0 Å². The van der Waals surface area contributed by atoms with Gasteiger partial charge in [0.05, 0.1) is 5.52 Å². The molecule has 0 amide bonds. The van der Waals surface area contributed by atoms with Crippen molar-refractivity contribution < 1.29 is 0 Å². The van der Waals surface area contributed by atoms with E-state index in [1.54, 1.807) is 0 Å². The summed E-state index contributed by atoms with van der Waals surface area (Å²) < 4.78 is 0. The largest absolute Gasteiger partial charge is 0.323 e. The zero-order valence-electron chi connectivity index (χ0n) is 12.9. The first-order valence-corrected chi connectivity index (χ1v) is 7.65. The average Bonchev–Trinajstić information content (AvgIpc) is 2.67. The van der Waals surface area contributed by atoms with Crippen LogP contribution in [0.5, 0.6) is 0 Å². The summed E-state index contributed by atoms with van der Waals surface area (Å²) in [5, 5.41) is 1.17. The Morgan fingerprint density at radius 2 is 2.05 bits per heavy atom. The molecule has 0 aliphatic carbocycles. The lowest BCUT2D eigenvalue weighted by Gasteiger charge is -2.33. The average molecular weight is 284 g/mol. The summed E-state index contributed by atoms with van der Waals surface area (Å²) in [6, 6.07) is 10.7. The minimum Gasteiger partial charge on any atom is -0.323 e. The van der Waals surface area contributed by atoms with Crippen molar-refractivity contribution in [1.29, 1.82) is 0 Å². The fraction of sp³-hybridized carbons (Fsp3) is 0.471. The van der Waals surface area contributed by atoms with Crippen LogP contribution in [0.4, 0.5) is 0 Å². The normalized spacial score (nSPS) is 23.1. The maximum Gasteiger partial charge on any atom is 0.0705 e. The highest BCUT2D eigenvalue weighted by Crippen LogP contribution is 2.26. The monoisotopic (exact) mass is 284 g/mol. The van der Waals surface area contributed by atoms with E-state index in [2.05, 4.69) is 53.1 Å². The smallest absolute Gasteiger partial charge is 0.0705 e. The molecule has 21 heavy (non-hydrogen) atoms. The summed E-state index contributed by atoms with van der Waals surface area (Å²) in [7, 11) is 4.37. The molecule has 2 atom stereocenters. The second-order valence-electron chi connectivity index (χ2n) is 6.11. The van der Waals surface area contributed by atoms with Gasteiger partial charge in [-0.2, -0.15) is 0 Å². The van der Waals surface area contributed by atoms with Crippen LogP contribution >= 0.6 is 0 Å². The van der Waals surface area contributed by atoms with Gasteiger partial charge in [-0.15, -0.1) is 0 Å². The summed E-state index contributed by atoms with van der Waals surface area (Å²) in [5.41, 5.74) is 8.89. The minimum atomic E-state index is 0.00319. The van der Waals surface area contributed by atoms with E-state index in [4.69, 9.17) is 5.73 Å². The Hall–Kier alpha value is -1.49. The van der Waals surface area contributed by atoms with Gasteiger partial charge in [0.2, 0.25) is 0 Å². The van der Waals surface area contributed by atoms with Crippen molar-refractivity contribution in [2.45, 2.75) is 18.5 Å². The third-order valence-electron chi connectivity index (χ3n) is 4.57. The number of hydrogen-bond donors (Lipinski definition) is 1. The van der Waals surface area contributed by atoms with Crippen molar-refractivity contribution in [1.82, 2.24) is 14.8 Å². The van der Waals surface area contributed by atoms with Gasteiger partial charge < -0.3 is 15.5 Å². The number of hydrogen-bond acceptors (Lipinski definition) is 4. The number of pyridine rings is 1. The lowest BCUT2D eigenvalue weighted by Crippen LogP contribution is -2.45. The van der Waals surface area contributed by atoms with Gasteiger partial charge in [-0.05, 0) is 51.3 Å². The standard InChI is InChI=1S/C17H24N4/c1-20-10-5-11-21(2)16(12-20)17(18)14-6-3-8-15-13(14)7-4-9-19-15/h3-4,6-9,16-17H,5,10-12,18H2,1-2H3. The van der Waals surface area contributed by atoms with Gasteiger partial charge in [0.25, 0.3) is 0 Å². The Kier molecular flexibility index (Phi) is 4.19. The van der Waals surface area contributed by atoms with Crippen molar-refractivity contribution in [2.24, 2.45) is 5.73 Å². The molecule has 1 saturated heterocycles. The molecule has 0 saturated carbocycles. The predicted octanol–water partition coefficient (Wildman–Crippen LogP) is 1.87. The third-order valence-corrected chi connectivity index (χ3v) is 4.57. The second kappa shape index (κ2) is 6.10. The molecule has 2 heterocycles. The van der Waals surface area contributed by atoms with Crippen LogP contribution in [0.2, 0.25) is 0 Å². The van der Waals surface area contributed by atoms with E-state index in [-0.39, 0.29) is 6.04 Å². The summed E-state index contributed by atoms with van der Waals surface area (Å²) in [6.07, 6.45) is 3.04. The first-order valence-electron chi connectivity index (χ1n) is 7.65. The van der Waals surface area contributed by atoms with Crippen molar-refractivity contribution in [2.75, 3.05) is 33.7 Å². The molecule has 2 aromatic rings. The van der Waals surface area contributed by atoms with Crippen molar-refractivity contribution in [3.8, 4) is 0 Å². The van der Waals surface area contributed by atoms with Gasteiger partial charge in [0, 0.05) is 30.2 Å². The zero-order chi connectivity index (χ0) is 14.8. The summed E-state index contributed by atoms with van der Waals surface area (Å²) in [5.74, 6) is 0. The van der Waals surface area contributed by atoms with Gasteiger partial charge in [0.15, 0.2) is 0 Å². The molecule has 0 spiro atoms. The minimum absolute atomic E-state index is 0.00319. The lowest BCUT2D eigenvalue weighted by molar-refractivity contribution is 0.197. The van der Waals surface area contributed by atoms with Crippen molar-refractivity contribution >= 4 is 10.9 Å². The van der Waals surface area contributed by atoms with E-state index in [0.29, 0.717) is 6.04 Å². The Morgan fingerprint density at radius 3 is 2.90 bits per heavy atom. The SMILES string of the molecule is CN1CCCN(C)C(C(N)c2cccc3ncccc23)C1. The van der Waals surface area contributed by atoms with E-state index in [0.717, 1.165) is 25.2 Å². The molecule has 112 valence electrons. The van der Waals surface area contributed by atoms with E-state index < -0.39 is 0 Å². The van der Waals surface area contributed by atoms with Gasteiger partial charge in [-0.1, -0.05) is 18.2 Å². The van der Waals surface area contributed by atoms with Gasteiger partial charge >= 0.3 is 0 Å². The second-order valence-corrected chi connectivity index (χ2v) is 6.11. The number of likely N-dealkylation sites (N-methyl/N-ethyl adjacent to an activating group) is 2. The molecule has 1 aliphatic rings. The molecule has 1 aromatic carbocycles. The molecule has 1 aliphatic heterocycles. The number of fused-ring (bicyclic) bond motifs is 1. The zero-order valence-corrected chi connectivity index (χ0v) is 12.9. The number of rotatable bonds is 2. The first-order chi connectivity index (χ1) is 10.2. The first kappa shape index (κ1) is 14.4. The summed E-state index contributed by atoms with van der Waals surface area (Å²) in [6.45, 7) is 3.25. The Morgan fingerprint density at radius 1 is 1.19 bits per heavy atom. The van der Waals surface area contributed by atoms with E-state index in [1.165, 1.54) is 17.4 Å². The highest BCUT2D eigenvalue weighted by molar-refractivity contribution is 5.82. The predicted molar refractivity (Wildman–Crippen MR) is 87.2 cm³/mol. The number of aromatic nitrogens is 1. The fourth-order valence-electron chi connectivity index (χ4n) is 3.32. The van der Waals surface area contributed by atoms with E-state index in [9.17, 15) is 0 Å². The van der Waals surface area contributed by atoms with Crippen molar-refractivity contribution in [3.05, 3.63) is 42.1 Å². The highest BCUT2D eigenvalue weighted by Gasteiger charge is 2.28. The van der Waals surface area contributed by atoms with E-state index in [1.807, 2.05) is 12.3 Å². The topological polar surface area (TPSA) is 45.4 Å². The van der Waals surface area contributed by atoms with Crippen LogP contribution in [0.3, 0.4) is 0 Å². The van der Waals surface area contributed by atoms with Crippen molar-refractivity contribution in [3.63, 3.8) is 0 Å². The molecule has 0 radical (unpaired) electrons. The molecular formula is C17H24N4. The Bertz CT molecular complexity index is 607. The summed E-state index contributed by atoms with van der Waals surface area (Å²) in [4.78, 5) is 9.23. The van der Waals surface area contributed by atoms with E-state index >= 15 is 0 Å². The highest BCUT2D eigenvalue weighted by atomic mass is 15.2. The molecular weight excluding hydrogens is 260 g/mol. The van der Waals surface area contributed by atoms with Crippen LogP contribution in [-0.4, -0.2) is 54.6 Å². The van der Waals surface area contributed by atoms with Crippen LogP contribution < -0.4 is 5.73 Å². The molecule has 3 rings (SSSR count). The Balaban J connectivity index is 1.97. The summed E-state index contributed by atoms with van der Waals surface area (Å²) >= 11 is 0. The van der Waals surface area contributed by atoms with Gasteiger partial charge in [-0.25, -0.2) is 0 Å². The number of nitrogens with zero attached hydrogens (tertiary/aromatic N) is 3. The molecule has 1 aromatic heterocycles. The molecule has 2 unspecified atom stereocenters. The molecule has 1 fully saturated rings. The maximum absolute atomic E-state index is 6.66. The lowest BCUT2D eigenvalue weighted by atomic mass is 9.95. The van der Waals surface area contributed by atoms with Gasteiger partial charge in [-0.3, -0.25) is 4.98 Å². The molecule has 0 bridgehead atoms. The molecule has 4 nitrogen and oxygen atoms in total. The molecule has 4 heteroatoms. The quantitative estimate of drug-likeness (QED) is 0.914. The number of benzene rings is 1. The molecule has 2 N–H and O–H groups in total. The third kappa shape index (κ3) is 2.93. The maximum atomic E-state index is 6.66. The fourth-order valence-corrected chi connectivity index (χ4v) is 3.32. The van der Waals surface area contributed by atoms with Crippen LogP contribution in [0.15, 0.2) is 36.5 Å². The van der Waals surface area contributed by atoms with Crippen LogP contribution in [0, 0.1) is 0 Å². The van der Waals surface area contributed by atoms with Crippen LogP contribution in [0.1, 0.15) is 18.0 Å². The Labute approximate surface area is 126 Å².